The number of likely N-dealkylation sites (tertiary alicyclic amines) is 1. The van der Waals surface area contributed by atoms with Crippen molar-refractivity contribution in [3.63, 3.8) is 0 Å². The third-order valence-corrected chi connectivity index (χ3v) is 3.50. The molecule has 2 heterocycles. The number of rotatable bonds is 2. The Hall–Kier alpha value is -2.17. The molecule has 98 valence electrons. The first kappa shape index (κ1) is 11.9. The van der Waals surface area contributed by atoms with Crippen LogP contribution in [0.25, 0.3) is 5.69 Å². The van der Waals surface area contributed by atoms with Crippen molar-refractivity contribution in [2.75, 3.05) is 13.1 Å². The molecule has 1 aromatic carbocycles. The predicted molar refractivity (Wildman–Crippen MR) is 73.6 cm³/mol. The van der Waals surface area contributed by atoms with Gasteiger partial charge in [-0.2, -0.15) is 0 Å². The Labute approximate surface area is 112 Å². The van der Waals surface area contributed by atoms with Crippen LogP contribution in [-0.2, 0) is 0 Å². The van der Waals surface area contributed by atoms with Gasteiger partial charge in [0.2, 0.25) is 0 Å². The second-order valence-corrected chi connectivity index (χ2v) is 4.79. The highest BCUT2D eigenvalue weighted by molar-refractivity contribution is 5.96. The van der Waals surface area contributed by atoms with E-state index in [0.29, 0.717) is 5.84 Å². The van der Waals surface area contributed by atoms with Gasteiger partial charge in [0.1, 0.15) is 5.84 Å². The topological polar surface area (TPSA) is 57.8 Å². The van der Waals surface area contributed by atoms with Crippen LogP contribution in [0.3, 0.4) is 0 Å². The van der Waals surface area contributed by atoms with Gasteiger partial charge in [-0.25, -0.2) is 4.68 Å². The summed E-state index contributed by atoms with van der Waals surface area (Å²) >= 11 is 0. The fourth-order valence-corrected chi connectivity index (χ4v) is 2.42. The Balaban J connectivity index is 1.76. The number of piperidine rings is 1. The Morgan fingerprint density at radius 1 is 1.05 bits per heavy atom. The molecule has 0 spiro atoms. The minimum absolute atomic E-state index is 0.629. The summed E-state index contributed by atoms with van der Waals surface area (Å²) in [5.74, 6) is 0.629. The molecule has 1 saturated heterocycles. The van der Waals surface area contributed by atoms with E-state index in [4.69, 9.17) is 5.41 Å². The molecular formula is C14H17N5. The van der Waals surface area contributed by atoms with E-state index >= 15 is 0 Å². The van der Waals surface area contributed by atoms with E-state index in [-0.39, 0.29) is 0 Å². The third-order valence-electron chi connectivity index (χ3n) is 3.50. The van der Waals surface area contributed by atoms with Crippen LogP contribution in [0.5, 0.6) is 0 Å². The summed E-state index contributed by atoms with van der Waals surface area (Å²) in [4.78, 5) is 2.16. The van der Waals surface area contributed by atoms with Crippen LogP contribution in [0, 0.1) is 5.41 Å². The SMILES string of the molecule is N=C(c1ccc(-n2ccnn2)cc1)N1CCCCC1. The molecule has 1 aromatic heterocycles. The van der Waals surface area contributed by atoms with Crippen LogP contribution < -0.4 is 0 Å². The summed E-state index contributed by atoms with van der Waals surface area (Å²) in [6, 6.07) is 7.91. The molecule has 5 heteroatoms. The zero-order valence-electron chi connectivity index (χ0n) is 10.8. The molecule has 0 aliphatic carbocycles. The number of nitrogens with zero attached hydrogens (tertiary/aromatic N) is 4. The summed E-state index contributed by atoms with van der Waals surface area (Å²) in [6.45, 7) is 2.01. The molecule has 1 N–H and O–H groups in total. The van der Waals surface area contributed by atoms with Crippen LogP contribution >= 0.6 is 0 Å². The molecule has 5 nitrogen and oxygen atoms in total. The molecule has 0 atom stereocenters. The summed E-state index contributed by atoms with van der Waals surface area (Å²) in [7, 11) is 0. The number of nitrogens with one attached hydrogen (secondary N) is 1. The summed E-state index contributed by atoms with van der Waals surface area (Å²) < 4.78 is 1.72. The smallest absolute Gasteiger partial charge is 0.128 e. The average molecular weight is 255 g/mol. The minimum Gasteiger partial charge on any atom is -0.357 e. The van der Waals surface area contributed by atoms with Crippen LogP contribution in [-0.4, -0.2) is 38.8 Å². The second-order valence-electron chi connectivity index (χ2n) is 4.79. The van der Waals surface area contributed by atoms with Gasteiger partial charge in [0.15, 0.2) is 0 Å². The van der Waals surface area contributed by atoms with Crippen molar-refractivity contribution in [1.82, 2.24) is 19.9 Å². The van der Waals surface area contributed by atoms with Gasteiger partial charge in [0.05, 0.1) is 18.1 Å². The minimum atomic E-state index is 0.629. The van der Waals surface area contributed by atoms with Crippen LogP contribution in [0.1, 0.15) is 24.8 Å². The Kier molecular flexibility index (Phi) is 3.27. The number of aromatic nitrogens is 3. The van der Waals surface area contributed by atoms with Crippen molar-refractivity contribution < 1.29 is 0 Å². The van der Waals surface area contributed by atoms with Crippen molar-refractivity contribution in [3.05, 3.63) is 42.2 Å². The monoisotopic (exact) mass is 255 g/mol. The van der Waals surface area contributed by atoms with Crippen LogP contribution in [0.15, 0.2) is 36.7 Å². The molecule has 0 radical (unpaired) electrons. The highest BCUT2D eigenvalue weighted by Crippen LogP contribution is 2.14. The Morgan fingerprint density at radius 3 is 2.42 bits per heavy atom. The first-order chi connectivity index (χ1) is 9.34. The molecule has 1 aliphatic rings. The predicted octanol–water partition coefficient (Wildman–Crippen LogP) is 2.08. The maximum absolute atomic E-state index is 8.26. The molecule has 0 unspecified atom stereocenters. The molecule has 0 amide bonds. The van der Waals surface area contributed by atoms with E-state index in [2.05, 4.69) is 15.2 Å². The molecule has 19 heavy (non-hydrogen) atoms. The molecule has 0 bridgehead atoms. The number of amidine groups is 1. The van der Waals surface area contributed by atoms with Crippen molar-refractivity contribution in [2.24, 2.45) is 0 Å². The maximum Gasteiger partial charge on any atom is 0.128 e. The maximum atomic E-state index is 8.26. The van der Waals surface area contributed by atoms with Gasteiger partial charge >= 0.3 is 0 Å². The lowest BCUT2D eigenvalue weighted by atomic mass is 10.1. The van der Waals surface area contributed by atoms with E-state index in [1.165, 1.54) is 19.3 Å². The van der Waals surface area contributed by atoms with Gasteiger partial charge in [0.25, 0.3) is 0 Å². The summed E-state index contributed by atoms with van der Waals surface area (Å²) in [6.07, 6.45) is 7.14. The van der Waals surface area contributed by atoms with Gasteiger partial charge < -0.3 is 4.90 Å². The molecule has 1 aliphatic heterocycles. The quantitative estimate of drug-likeness (QED) is 0.660. The Bertz CT molecular complexity index is 538. The lowest BCUT2D eigenvalue weighted by Crippen LogP contribution is -2.35. The number of hydrogen-bond acceptors (Lipinski definition) is 3. The largest absolute Gasteiger partial charge is 0.357 e. The highest BCUT2D eigenvalue weighted by Gasteiger charge is 2.14. The van der Waals surface area contributed by atoms with Crippen molar-refractivity contribution in [1.29, 1.82) is 5.41 Å². The summed E-state index contributed by atoms with van der Waals surface area (Å²) in [5.41, 5.74) is 1.93. The van der Waals surface area contributed by atoms with Crippen molar-refractivity contribution in [3.8, 4) is 5.69 Å². The molecule has 0 saturated carbocycles. The van der Waals surface area contributed by atoms with Gasteiger partial charge in [0, 0.05) is 18.7 Å². The molecule has 3 rings (SSSR count). The number of hydrogen-bond donors (Lipinski definition) is 1. The second kappa shape index (κ2) is 5.22. The number of benzene rings is 1. The van der Waals surface area contributed by atoms with Gasteiger partial charge in [-0.3, -0.25) is 5.41 Å². The average Bonchev–Trinajstić information content (AvgIpc) is 3.02. The zero-order chi connectivity index (χ0) is 13.1. The fraction of sp³-hybridized carbons (Fsp3) is 0.357. The van der Waals surface area contributed by atoms with E-state index in [0.717, 1.165) is 24.3 Å². The van der Waals surface area contributed by atoms with E-state index < -0.39 is 0 Å². The first-order valence-corrected chi connectivity index (χ1v) is 6.65. The lowest BCUT2D eigenvalue weighted by Gasteiger charge is -2.29. The van der Waals surface area contributed by atoms with Crippen LogP contribution in [0.2, 0.25) is 0 Å². The standard InChI is InChI=1S/C14H17N5/c15-14(18-9-2-1-3-10-18)12-4-6-13(7-5-12)19-11-8-16-17-19/h4-8,11,15H,1-3,9-10H2. The molecule has 1 fully saturated rings. The summed E-state index contributed by atoms with van der Waals surface area (Å²) in [5, 5.41) is 16.0. The third kappa shape index (κ3) is 2.50. The van der Waals surface area contributed by atoms with Gasteiger partial charge in [-0.1, -0.05) is 5.21 Å². The van der Waals surface area contributed by atoms with E-state index in [1.54, 1.807) is 10.9 Å². The first-order valence-electron chi connectivity index (χ1n) is 6.65. The lowest BCUT2D eigenvalue weighted by molar-refractivity contribution is 0.341. The molecule has 2 aromatic rings. The fourth-order valence-electron chi connectivity index (χ4n) is 2.42. The van der Waals surface area contributed by atoms with Gasteiger partial charge in [-0.05, 0) is 43.5 Å². The van der Waals surface area contributed by atoms with Crippen molar-refractivity contribution in [2.45, 2.75) is 19.3 Å². The normalized spacial score (nSPS) is 15.5. The Morgan fingerprint density at radius 2 is 1.79 bits per heavy atom. The van der Waals surface area contributed by atoms with Crippen LogP contribution in [0.4, 0.5) is 0 Å². The van der Waals surface area contributed by atoms with Crippen molar-refractivity contribution >= 4 is 5.84 Å². The van der Waals surface area contributed by atoms with Gasteiger partial charge in [-0.15, -0.1) is 5.10 Å². The highest BCUT2D eigenvalue weighted by atomic mass is 15.4. The van der Waals surface area contributed by atoms with E-state index in [1.807, 2.05) is 30.5 Å². The zero-order valence-corrected chi connectivity index (χ0v) is 10.8. The van der Waals surface area contributed by atoms with E-state index in [9.17, 15) is 0 Å². The molecular weight excluding hydrogens is 238 g/mol.